The first kappa shape index (κ1) is 15.3. The summed E-state index contributed by atoms with van der Waals surface area (Å²) in [6, 6.07) is 6.85. The summed E-state index contributed by atoms with van der Waals surface area (Å²) < 4.78 is 16.1. The van der Waals surface area contributed by atoms with E-state index in [1.165, 1.54) is 11.1 Å². The van der Waals surface area contributed by atoms with Crippen molar-refractivity contribution in [2.75, 3.05) is 34.0 Å². The average Bonchev–Trinajstić information content (AvgIpc) is 2.94. The van der Waals surface area contributed by atoms with Gasteiger partial charge in [0.25, 0.3) is 0 Å². The Balaban J connectivity index is 1.97. The second kappa shape index (κ2) is 7.62. The molecule has 1 heterocycles. The molecule has 0 aliphatic carbocycles. The Hall–Kier alpha value is -1.10. The van der Waals surface area contributed by atoms with Crippen molar-refractivity contribution < 1.29 is 14.2 Å². The molecule has 2 atom stereocenters. The van der Waals surface area contributed by atoms with Crippen LogP contribution < -0.4 is 10.1 Å². The minimum atomic E-state index is 0.0896. The van der Waals surface area contributed by atoms with Crippen LogP contribution in [0.5, 0.6) is 5.75 Å². The van der Waals surface area contributed by atoms with Crippen molar-refractivity contribution in [1.29, 1.82) is 0 Å². The molecule has 20 heavy (non-hydrogen) atoms. The normalized spacial score (nSPS) is 16.6. The van der Waals surface area contributed by atoms with Gasteiger partial charge < -0.3 is 19.5 Å². The largest absolute Gasteiger partial charge is 0.493 e. The second-order valence-electron chi connectivity index (χ2n) is 5.15. The monoisotopic (exact) mass is 279 g/mol. The number of rotatable bonds is 8. The van der Waals surface area contributed by atoms with E-state index >= 15 is 0 Å². The fourth-order valence-corrected chi connectivity index (χ4v) is 2.59. The Morgan fingerprint density at radius 1 is 1.35 bits per heavy atom. The van der Waals surface area contributed by atoms with E-state index in [0.717, 1.165) is 31.7 Å². The van der Waals surface area contributed by atoms with Gasteiger partial charge in [-0.3, -0.25) is 0 Å². The van der Waals surface area contributed by atoms with Crippen LogP contribution in [0.2, 0.25) is 0 Å². The standard InChI is InChI=1S/C16H25NO3/c1-4-15(17-10-14(19-3)11-18-2)12-5-6-16-13(9-12)7-8-20-16/h5-6,9,14-15,17H,4,7-8,10-11H2,1-3H3. The third-order valence-corrected chi connectivity index (χ3v) is 3.80. The Kier molecular flexibility index (Phi) is 5.83. The van der Waals surface area contributed by atoms with E-state index in [9.17, 15) is 0 Å². The number of hydrogen-bond acceptors (Lipinski definition) is 4. The molecule has 4 nitrogen and oxygen atoms in total. The number of benzene rings is 1. The molecule has 1 aromatic carbocycles. The molecule has 0 saturated heterocycles. The van der Waals surface area contributed by atoms with Crippen molar-refractivity contribution in [3.8, 4) is 5.75 Å². The Bertz CT molecular complexity index is 422. The molecule has 0 bridgehead atoms. The molecule has 0 amide bonds. The van der Waals surface area contributed by atoms with Crippen molar-refractivity contribution in [1.82, 2.24) is 5.32 Å². The van der Waals surface area contributed by atoms with E-state index in [1.54, 1.807) is 14.2 Å². The zero-order valence-corrected chi connectivity index (χ0v) is 12.6. The van der Waals surface area contributed by atoms with Crippen LogP contribution in [0.15, 0.2) is 18.2 Å². The summed E-state index contributed by atoms with van der Waals surface area (Å²) in [5.74, 6) is 1.04. The lowest BCUT2D eigenvalue weighted by Gasteiger charge is -2.22. The molecule has 0 aromatic heterocycles. The second-order valence-corrected chi connectivity index (χ2v) is 5.15. The highest BCUT2D eigenvalue weighted by molar-refractivity contribution is 5.40. The van der Waals surface area contributed by atoms with Gasteiger partial charge in [0, 0.05) is 33.2 Å². The molecule has 0 spiro atoms. The van der Waals surface area contributed by atoms with Gasteiger partial charge in [0.1, 0.15) is 5.75 Å². The molecule has 1 N–H and O–H groups in total. The van der Waals surface area contributed by atoms with Gasteiger partial charge in [0.05, 0.1) is 19.3 Å². The summed E-state index contributed by atoms with van der Waals surface area (Å²) in [5, 5.41) is 3.57. The summed E-state index contributed by atoms with van der Waals surface area (Å²) >= 11 is 0. The Morgan fingerprint density at radius 3 is 2.90 bits per heavy atom. The molecule has 0 radical (unpaired) electrons. The summed E-state index contributed by atoms with van der Waals surface area (Å²) in [5.41, 5.74) is 2.65. The Morgan fingerprint density at radius 2 is 2.20 bits per heavy atom. The summed E-state index contributed by atoms with van der Waals surface area (Å²) in [7, 11) is 3.42. The molecule has 4 heteroatoms. The van der Waals surface area contributed by atoms with Gasteiger partial charge in [-0.2, -0.15) is 0 Å². The predicted molar refractivity (Wildman–Crippen MR) is 79.3 cm³/mol. The first-order valence-electron chi connectivity index (χ1n) is 7.29. The third kappa shape index (κ3) is 3.72. The smallest absolute Gasteiger partial charge is 0.122 e. The molecular weight excluding hydrogens is 254 g/mol. The molecule has 1 aromatic rings. The van der Waals surface area contributed by atoms with Crippen molar-refractivity contribution in [2.24, 2.45) is 0 Å². The third-order valence-electron chi connectivity index (χ3n) is 3.80. The minimum Gasteiger partial charge on any atom is -0.493 e. The molecule has 0 fully saturated rings. The highest BCUT2D eigenvalue weighted by atomic mass is 16.5. The van der Waals surface area contributed by atoms with Gasteiger partial charge >= 0.3 is 0 Å². The van der Waals surface area contributed by atoms with Gasteiger partial charge in [-0.25, -0.2) is 0 Å². The van der Waals surface area contributed by atoms with Crippen LogP contribution in [0.25, 0.3) is 0 Å². The predicted octanol–water partition coefficient (Wildman–Crippen LogP) is 2.32. The maximum Gasteiger partial charge on any atom is 0.122 e. The quantitative estimate of drug-likeness (QED) is 0.793. The van der Waals surface area contributed by atoms with E-state index in [1.807, 2.05) is 0 Å². The van der Waals surface area contributed by atoms with E-state index in [2.05, 4.69) is 30.4 Å². The summed E-state index contributed by atoms with van der Waals surface area (Å²) in [6.07, 6.45) is 2.15. The fraction of sp³-hybridized carbons (Fsp3) is 0.625. The molecule has 112 valence electrons. The van der Waals surface area contributed by atoms with Crippen LogP contribution in [-0.2, 0) is 15.9 Å². The van der Waals surface area contributed by atoms with Crippen molar-refractivity contribution in [3.05, 3.63) is 29.3 Å². The van der Waals surface area contributed by atoms with Crippen LogP contribution in [0.4, 0.5) is 0 Å². The highest BCUT2D eigenvalue weighted by Gasteiger charge is 2.17. The SMILES string of the molecule is CCC(NCC(COC)OC)c1ccc2c(c1)CCO2. The lowest BCUT2D eigenvalue weighted by molar-refractivity contribution is 0.0272. The first-order valence-corrected chi connectivity index (χ1v) is 7.29. The molecule has 1 aliphatic heterocycles. The van der Waals surface area contributed by atoms with Crippen molar-refractivity contribution in [3.63, 3.8) is 0 Å². The van der Waals surface area contributed by atoms with Gasteiger partial charge in [-0.15, -0.1) is 0 Å². The fourth-order valence-electron chi connectivity index (χ4n) is 2.59. The molecule has 0 saturated carbocycles. The van der Waals surface area contributed by atoms with Crippen molar-refractivity contribution in [2.45, 2.75) is 31.9 Å². The molecular formula is C16H25NO3. The number of ether oxygens (including phenoxy) is 3. The molecule has 2 unspecified atom stereocenters. The van der Waals surface area contributed by atoms with Gasteiger partial charge in [-0.1, -0.05) is 19.1 Å². The van der Waals surface area contributed by atoms with Crippen molar-refractivity contribution >= 4 is 0 Å². The van der Waals surface area contributed by atoms with E-state index in [0.29, 0.717) is 12.6 Å². The Labute approximate surface area is 121 Å². The lowest BCUT2D eigenvalue weighted by atomic mass is 10.0. The highest BCUT2D eigenvalue weighted by Crippen LogP contribution is 2.29. The average molecular weight is 279 g/mol. The van der Waals surface area contributed by atoms with Crippen LogP contribution in [0.3, 0.4) is 0 Å². The van der Waals surface area contributed by atoms with Crippen LogP contribution in [0.1, 0.15) is 30.5 Å². The number of nitrogens with one attached hydrogen (secondary N) is 1. The summed E-state index contributed by atoms with van der Waals surface area (Å²) in [4.78, 5) is 0. The maximum atomic E-state index is 5.56. The van der Waals surface area contributed by atoms with Gasteiger partial charge in [-0.05, 0) is 23.6 Å². The number of fused-ring (bicyclic) bond motifs is 1. The van der Waals surface area contributed by atoms with E-state index in [-0.39, 0.29) is 6.10 Å². The minimum absolute atomic E-state index is 0.0896. The molecule has 1 aliphatic rings. The van der Waals surface area contributed by atoms with Crippen LogP contribution in [0, 0.1) is 0 Å². The van der Waals surface area contributed by atoms with Crippen LogP contribution >= 0.6 is 0 Å². The van der Waals surface area contributed by atoms with Gasteiger partial charge in [0.15, 0.2) is 0 Å². The van der Waals surface area contributed by atoms with Gasteiger partial charge in [0.2, 0.25) is 0 Å². The number of hydrogen-bond donors (Lipinski definition) is 1. The number of methoxy groups -OCH3 is 2. The van der Waals surface area contributed by atoms with Crippen LogP contribution in [-0.4, -0.2) is 40.1 Å². The molecule has 2 rings (SSSR count). The lowest BCUT2D eigenvalue weighted by Crippen LogP contribution is -2.34. The zero-order chi connectivity index (χ0) is 14.4. The zero-order valence-electron chi connectivity index (χ0n) is 12.6. The van der Waals surface area contributed by atoms with E-state index < -0.39 is 0 Å². The summed E-state index contributed by atoms with van der Waals surface area (Å²) in [6.45, 7) is 4.40. The maximum absolute atomic E-state index is 5.56. The van der Waals surface area contributed by atoms with E-state index in [4.69, 9.17) is 14.2 Å². The topological polar surface area (TPSA) is 39.7 Å². The first-order chi connectivity index (χ1) is 9.78.